The van der Waals surface area contributed by atoms with E-state index in [9.17, 15) is 18.0 Å². The molecule has 3 aromatic rings. The Morgan fingerprint density at radius 1 is 1.26 bits per heavy atom. The second-order valence-electron chi connectivity index (χ2n) is 6.16. The number of halogens is 3. The average molecular weight is 396 g/mol. The number of hydrogen-bond donors (Lipinski definition) is 1. The van der Waals surface area contributed by atoms with E-state index in [4.69, 9.17) is 4.74 Å². The molecule has 1 saturated heterocycles. The van der Waals surface area contributed by atoms with Crippen molar-refractivity contribution in [2.45, 2.75) is 30.5 Å². The molecule has 1 unspecified atom stereocenters. The summed E-state index contributed by atoms with van der Waals surface area (Å²) in [7, 11) is 0. The topological polar surface area (TPSA) is 72.3 Å². The van der Waals surface area contributed by atoms with Crippen molar-refractivity contribution in [3.05, 3.63) is 45.8 Å². The summed E-state index contributed by atoms with van der Waals surface area (Å²) in [5, 5.41) is 4.63. The Morgan fingerprint density at radius 3 is 2.63 bits per heavy atom. The second kappa shape index (κ2) is 7.01. The van der Waals surface area contributed by atoms with E-state index >= 15 is 0 Å². The van der Waals surface area contributed by atoms with E-state index in [0.29, 0.717) is 23.9 Å². The number of nitrogens with one attached hydrogen (secondary N) is 1. The molecule has 0 radical (unpaired) electrons. The molecule has 6 nitrogen and oxygen atoms in total. The molecule has 1 aliphatic heterocycles. The summed E-state index contributed by atoms with van der Waals surface area (Å²) in [6.07, 6.45) is 3.73. The van der Waals surface area contributed by atoms with Crippen molar-refractivity contribution < 1.29 is 17.9 Å². The molecule has 4 rings (SSSR count). The first-order valence-electron chi connectivity index (χ1n) is 8.33. The molecule has 0 bridgehead atoms. The van der Waals surface area contributed by atoms with Gasteiger partial charge in [-0.15, -0.1) is 0 Å². The molecule has 1 aliphatic rings. The van der Waals surface area contributed by atoms with Gasteiger partial charge < -0.3 is 4.74 Å². The van der Waals surface area contributed by atoms with Crippen LogP contribution in [0, 0.1) is 17.5 Å². The van der Waals surface area contributed by atoms with Crippen LogP contribution in [0.5, 0.6) is 0 Å². The van der Waals surface area contributed by atoms with Crippen molar-refractivity contribution >= 4 is 17.4 Å². The Morgan fingerprint density at radius 2 is 2.00 bits per heavy atom. The number of thioether (sulfide) groups is 1. The van der Waals surface area contributed by atoms with Crippen LogP contribution in [0.25, 0.3) is 16.8 Å². The Bertz CT molecular complexity index is 1050. The summed E-state index contributed by atoms with van der Waals surface area (Å²) in [6.45, 7) is 0.518. The Hall–Kier alpha value is -2.33. The first-order chi connectivity index (χ1) is 13.0. The third-order valence-electron chi connectivity index (χ3n) is 4.45. The van der Waals surface area contributed by atoms with Gasteiger partial charge in [0.2, 0.25) is 0 Å². The Kier molecular flexibility index (Phi) is 4.68. The van der Waals surface area contributed by atoms with Gasteiger partial charge in [0.15, 0.2) is 28.3 Å². The fourth-order valence-corrected chi connectivity index (χ4v) is 3.56. The maximum absolute atomic E-state index is 13.9. The number of aromatic nitrogens is 4. The summed E-state index contributed by atoms with van der Waals surface area (Å²) in [5.74, 6) is -4.20. The van der Waals surface area contributed by atoms with Gasteiger partial charge in [0.1, 0.15) is 11.8 Å². The highest BCUT2D eigenvalue weighted by Gasteiger charge is 2.28. The second-order valence-corrected chi connectivity index (χ2v) is 6.95. The molecule has 1 aromatic carbocycles. The molecular weight excluding hydrogens is 381 g/mol. The van der Waals surface area contributed by atoms with E-state index in [1.165, 1.54) is 11.8 Å². The molecule has 2 aromatic heterocycles. The Balaban J connectivity index is 2.03. The Labute approximate surface area is 155 Å². The van der Waals surface area contributed by atoms with Crippen molar-refractivity contribution in [3.63, 3.8) is 0 Å². The van der Waals surface area contributed by atoms with E-state index in [-0.39, 0.29) is 16.8 Å². The van der Waals surface area contributed by atoms with Gasteiger partial charge in [-0.25, -0.2) is 22.9 Å². The smallest absolute Gasteiger partial charge is 0.350 e. The third kappa shape index (κ3) is 3.12. The molecule has 1 fully saturated rings. The van der Waals surface area contributed by atoms with Crippen molar-refractivity contribution in [1.29, 1.82) is 0 Å². The predicted molar refractivity (Wildman–Crippen MR) is 93.2 cm³/mol. The fraction of sp³-hybridized carbons (Fsp3) is 0.353. The zero-order valence-corrected chi connectivity index (χ0v) is 15.1. The van der Waals surface area contributed by atoms with Crippen molar-refractivity contribution in [1.82, 2.24) is 19.6 Å². The van der Waals surface area contributed by atoms with E-state index in [1.54, 1.807) is 6.26 Å². The SMILES string of the molecule is CSc1nc2c(-c3cc(F)c(F)c(F)c3)c(C3CCCCO3)nn2c(=O)[nH]1. The van der Waals surface area contributed by atoms with E-state index in [1.807, 2.05) is 0 Å². The fourth-order valence-electron chi connectivity index (χ4n) is 3.19. The number of H-pyrrole nitrogens is 1. The normalized spacial score (nSPS) is 17.6. The van der Waals surface area contributed by atoms with Crippen LogP contribution >= 0.6 is 11.8 Å². The van der Waals surface area contributed by atoms with Gasteiger partial charge in [-0.3, -0.25) is 4.98 Å². The number of fused-ring (bicyclic) bond motifs is 1. The van der Waals surface area contributed by atoms with Crippen LogP contribution in [0.15, 0.2) is 22.1 Å². The summed E-state index contributed by atoms with van der Waals surface area (Å²) in [6, 6.07) is 1.76. The van der Waals surface area contributed by atoms with Gasteiger partial charge in [-0.05, 0) is 43.2 Å². The zero-order chi connectivity index (χ0) is 19.1. The molecule has 0 aliphatic carbocycles. The number of nitrogens with zero attached hydrogens (tertiary/aromatic N) is 3. The lowest BCUT2D eigenvalue weighted by Gasteiger charge is -2.21. The molecule has 1 N–H and O–H groups in total. The highest BCUT2D eigenvalue weighted by atomic mass is 32.2. The number of aromatic amines is 1. The summed E-state index contributed by atoms with van der Waals surface area (Å²) in [4.78, 5) is 19.3. The minimum Gasteiger partial charge on any atom is -0.372 e. The van der Waals surface area contributed by atoms with Crippen molar-refractivity contribution in [3.8, 4) is 11.1 Å². The van der Waals surface area contributed by atoms with Crippen molar-refractivity contribution in [2.24, 2.45) is 0 Å². The number of ether oxygens (including phenoxy) is 1. The van der Waals surface area contributed by atoms with Crippen molar-refractivity contribution in [2.75, 3.05) is 12.9 Å². The van der Waals surface area contributed by atoms with E-state index in [2.05, 4.69) is 15.1 Å². The quantitative estimate of drug-likeness (QED) is 0.542. The average Bonchev–Trinajstić information content (AvgIpc) is 3.06. The molecule has 3 heterocycles. The van der Waals surface area contributed by atoms with Gasteiger partial charge in [0.05, 0.1) is 5.56 Å². The van der Waals surface area contributed by atoms with Gasteiger partial charge in [0, 0.05) is 6.61 Å². The number of rotatable bonds is 3. The number of hydrogen-bond acceptors (Lipinski definition) is 5. The molecule has 27 heavy (non-hydrogen) atoms. The highest BCUT2D eigenvalue weighted by Crippen LogP contribution is 2.37. The first-order valence-corrected chi connectivity index (χ1v) is 9.55. The standard InChI is InChI=1S/C17H15F3N4O2S/c1-27-16-21-15-12(8-6-9(18)13(20)10(19)7-8)14(11-4-2-3-5-26-11)23-24(15)17(25)22-16/h6-7,11H,2-5H2,1H3,(H,21,22,25). The van der Waals surface area contributed by atoms with Gasteiger partial charge in [0.25, 0.3) is 0 Å². The molecule has 0 spiro atoms. The molecule has 0 saturated carbocycles. The van der Waals surface area contributed by atoms with E-state index < -0.39 is 29.2 Å². The van der Waals surface area contributed by atoms with Crippen LogP contribution in [0.1, 0.15) is 31.1 Å². The van der Waals surface area contributed by atoms with Gasteiger partial charge >= 0.3 is 5.69 Å². The lowest BCUT2D eigenvalue weighted by atomic mass is 9.98. The third-order valence-corrected chi connectivity index (χ3v) is 5.03. The van der Waals surface area contributed by atoms with Crippen LogP contribution in [0.2, 0.25) is 0 Å². The zero-order valence-electron chi connectivity index (χ0n) is 14.3. The van der Waals surface area contributed by atoms with Gasteiger partial charge in [-0.1, -0.05) is 11.8 Å². The molecular formula is C17H15F3N4O2S. The molecule has 142 valence electrons. The number of benzene rings is 1. The summed E-state index contributed by atoms with van der Waals surface area (Å²) < 4.78 is 48.0. The predicted octanol–water partition coefficient (Wildman–Crippen LogP) is 3.47. The minimum absolute atomic E-state index is 0.0516. The van der Waals surface area contributed by atoms with E-state index in [0.717, 1.165) is 29.5 Å². The van der Waals surface area contributed by atoms with Crippen LogP contribution in [-0.4, -0.2) is 32.4 Å². The lowest BCUT2D eigenvalue weighted by Crippen LogP contribution is -2.19. The minimum atomic E-state index is -1.55. The van der Waals surface area contributed by atoms with Crippen LogP contribution in [-0.2, 0) is 4.74 Å². The molecule has 1 atom stereocenters. The maximum Gasteiger partial charge on any atom is 0.350 e. The monoisotopic (exact) mass is 396 g/mol. The first kappa shape index (κ1) is 18.1. The highest BCUT2D eigenvalue weighted by molar-refractivity contribution is 7.98. The summed E-state index contributed by atoms with van der Waals surface area (Å²) in [5.41, 5.74) is 0.279. The summed E-state index contributed by atoms with van der Waals surface area (Å²) >= 11 is 1.21. The molecule has 0 amide bonds. The maximum atomic E-state index is 13.9. The lowest BCUT2D eigenvalue weighted by molar-refractivity contribution is 0.0125. The van der Waals surface area contributed by atoms with Gasteiger partial charge in [-0.2, -0.15) is 9.61 Å². The largest absolute Gasteiger partial charge is 0.372 e. The molecule has 10 heteroatoms. The van der Waals surface area contributed by atoms with Crippen LogP contribution < -0.4 is 5.69 Å². The van der Waals surface area contributed by atoms with Crippen LogP contribution in [0.4, 0.5) is 13.2 Å². The van der Waals surface area contributed by atoms with Crippen LogP contribution in [0.3, 0.4) is 0 Å².